The second-order valence-corrected chi connectivity index (χ2v) is 7.56. The third-order valence-corrected chi connectivity index (χ3v) is 5.75. The number of nitrogens with zero attached hydrogens (tertiary/aromatic N) is 1. The Labute approximate surface area is 169 Å². The molecule has 4 nitrogen and oxygen atoms in total. The first-order valence-electron chi connectivity index (χ1n) is 9.30. The number of benzene rings is 2. The normalized spacial score (nSPS) is 12.2. The van der Waals surface area contributed by atoms with Gasteiger partial charge in [0.25, 0.3) is 0 Å². The van der Waals surface area contributed by atoms with E-state index in [0.717, 1.165) is 29.9 Å². The third-order valence-electron chi connectivity index (χ3n) is 4.79. The fourth-order valence-corrected chi connectivity index (χ4v) is 4.07. The molecular formula is C23H23N3OS. The Morgan fingerprint density at radius 2 is 1.71 bits per heavy atom. The third kappa shape index (κ3) is 4.22. The molecule has 0 saturated heterocycles. The zero-order valence-electron chi connectivity index (χ0n) is 15.8. The van der Waals surface area contributed by atoms with Crippen LogP contribution in [-0.4, -0.2) is 23.9 Å². The number of H-pyrrole nitrogens is 1. The summed E-state index contributed by atoms with van der Waals surface area (Å²) in [4.78, 5) is 1.24. The topological polar surface area (TPSA) is 49.9 Å². The molecule has 0 radical (unpaired) electrons. The Balaban J connectivity index is 1.42. The van der Waals surface area contributed by atoms with Gasteiger partial charge >= 0.3 is 0 Å². The van der Waals surface area contributed by atoms with E-state index in [4.69, 9.17) is 4.74 Å². The van der Waals surface area contributed by atoms with E-state index in [0.29, 0.717) is 0 Å². The summed E-state index contributed by atoms with van der Waals surface area (Å²) < 4.78 is 5.61. The molecule has 2 N–H and O–H groups in total. The number of methoxy groups -OCH3 is 1. The van der Waals surface area contributed by atoms with Crippen molar-refractivity contribution in [2.45, 2.75) is 12.6 Å². The predicted molar refractivity (Wildman–Crippen MR) is 115 cm³/mol. The van der Waals surface area contributed by atoms with Crippen LogP contribution >= 0.6 is 11.3 Å². The van der Waals surface area contributed by atoms with Gasteiger partial charge in [0.1, 0.15) is 6.10 Å². The van der Waals surface area contributed by atoms with E-state index in [1.807, 2.05) is 12.3 Å². The van der Waals surface area contributed by atoms with Gasteiger partial charge in [0.05, 0.1) is 11.9 Å². The van der Waals surface area contributed by atoms with Gasteiger partial charge in [-0.25, -0.2) is 0 Å². The molecule has 0 unspecified atom stereocenters. The van der Waals surface area contributed by atoms with Gasteiger partial charge in [-0.3, -0.25) is 5.10 Å². The van der Waals surface area contributed by atoms with Crippen molar-refractivity contribution in [2.75, 3.05) is 13.7 Å². The smallest absolute Gasteiger partial charge is 0.104 e. The minimum atomic E-state index is 0.0699. The van der Waals surface area contributed by atoms with Crippen molar-refractivity contribution in [1.82, 2.24) is 15.5 Å². The molecule has 0 spiro atoms. The molecule has 2 heterocycles. The van der Waals surface area contributed by atoms with Crippen molar-refractivity contribution >= 4 is 11.3 Å². The number of ether oxygens (including phenoxy) is 1. The van der Waals surface area contributed by atoms with Gasteiger partial charge in [-0.15, -0.1) is 11.3 Å². The maximum absolute atomic E-state index is 5.61. The molecule has 0 aliphatic rings. The Bertz CT molecular complexity index is 978. The lowest BCUT2D eigenvalue weighted by Crippen LogP contribution is -2.21. The van der Waals surface area contributed by atoms with E-state index in [1.165, 1.54) is 16.0 Å². The highest BCUT2D eigenvalue weighted by atomic mass is 32.1. The lowest BCUT2D eigenvalue weighted by atomic mass is 10.0. The first kappa shape index (κ1) is 18.6. The van der Waals surface area contributed by atoms with Gasteiger partial charge in [-0.1, -0.05) is 60.7 Å². The van der Waals surface area contributed by atoms with E-state index in [9.17, 15) is 0 Å². The van der Waals surface area contributed by atoms with Crippen LogP contribution < -0.4 is 5.32 Å². The zero-order valence-corrected chi connectivity index (χ0v) is 16.6. The largest absolute Gasteiger partial charge is 0.375 e. The Morgan fingerprint density at radius 3 is 2.43 bits per heavy atom. The van der Waals surface area contributed by atoms with Crippen molar-refractivity contribution < 1.29 is 4.74 Å². The maximum Gasteiger partial charge on any atom is 0.104 e. The van der Waals surface area contributed by atoms with Crippen molar-refractivity contribution in [2.24, 2.45) is 0 Å². The Kier molecular flexibility index (Phi) is 5.97. The molecule has 4 rings (SSSR count). The molecular weight excluding hydrogens is 366 g/mol. The van der Waals surface area contributed by atoms with Crippen LogP contribution in [0.1, 0.15) is 16.5 Å². The lowest BCUT2D eigenvalue weighted by Gasteiger charge is -2.14. The average molecular weight is 390 g/mol. The van der Waals surface area contributed by atoms with Gasteiger partial charge in [0.2, 0.25) is 0 Å². The number of thiophene rings is 1. The van der Waals surface area contributed by atoms with Gasteiger partial charge in [0, 0.05) is 30.6 Å². The number of aromatic nitrogens is 2. The molecule has 0 fully saturated rings. The minimum absolute atomic E-state index is 0.0699. The second kappa shape index (κ2) is 8.97. The van der Waals surface area contributed by atoms with E-state index in [-0.39, 0.29) is 6.10 Å². The molecule has 0 aliphatic heterocycles. The van der Waals surface area contributed by atoms with Crippen molar-refractivity contribution in [3.8, 4) is 22.4 Å². The van der Waals surface area contributed by atoms with Crippen LogP contribution in [0.15, 0.2) is 78.3 Å². The SMILES string of the molecule is CO[C@H](CNCc1cn[nH]c1-c1ccc(-c2ccccc2)cc1)c1cccs1. The summed E-state index contributed by atoms with van der Waals surface area (Å²) in [6, 6.07) is 23.2. The van der Waals surface area contributed by atoms with Crippen LogP contribution in [0, 0.1) is 0 Å². The van der Waals surface area contributed by atoms with Crippen LogP contribution in [0.5, 0.6) is 0 Å². The Morgan fingerprint density at radius 1 is 0.964 bits per heavy atom. The van der Waals surface area contributed by atoms with Gasteiger partial charge in [-0.2, -0.15) is 5.10 Å². The summed E-state index contributed by atoms with van der Waals surface area (Å²) in [7, 11) is 1.75. The van der Waals surface area contributed by atoms with Crippen LogP contribution in [0.3, 0.4) is 0 Å². The van der Waals surface area contributed by atoms with Gasteiger partial charge in [0.15, 0.2) is 0 Å². The van der Waals surface area contributed by atoms with Crippen LogP contribution in [0.2, 0.25) is 0 Å². The quantitative estimate of drug-likeness (QED) is 0.431. The second-order valence-electron chi connectivity index (χ2n) is 6.58. The van der Waals surface area contributed by atoms with Crippen molar-refractivity contribution in [3.63, 3.8) is 0 Å². The first-order chi connectivity index (χ1) is 13.8. The highest BCUT2D eigenvalue weighted by Crippen LogP contribution is 2.26. The van der Waals surface area contributed by atoms with Crippen molar-refractivity contribution in [1.29, 1.82) is 0 Å². The molecule has 4 aromatic rings. The molecule has 2 aromatic carbocycles. The highest BCUT2D eigenvalue weighted by molar-refractivity contribution is 7.10. The van der Waals surface area contributed by atoms with Crippen LogP contribution in [-0.2, 0) is 11.3 Å². The number of hydrogen-bond acceptors (Lipinski definition) is 4. The van der Waals surface area contributed by atoms with E-state index in [2.05, 4.69) is 81.6 Å². The van der Waals surface area contributed by atoms with Gasteiger partial charge in [-0.05, 0) is 28.1 Å². The average Bonchev–Trinajstić information content (AvgIpc) is 3.44. The molecule has 5 heteroatoms. The standard InChI is InChI=1S/C23H23N3OS/c1-27-21(22-8-5-13-28-22)16-24-14-20-15-25-26-23(20)19-11-9-18(10-12-19)17-6-3-2-4-7-17/h2-13,15,21,24H,14,16H2,1H3,(H,25,26)/t21-/m1/s1. The number of rotatable bonds is 8. The monoisotopic (exact) mass is 389 g/mol. The number of nitrogens with one attached hydrogen (secondary N) is 2. The number of hydrogen-bond donors (Lipinski definition) is 2. The van der Waals surface area contributed by atoms with E-state index < -0.39 is 0 Å². The van der Waals surface area contributed by atoms with Crippen LogP contribution in [0.4, 0.5) is 0 Å². The molecule has 142 valence electrons. The number of aromatic amines is 1. The molecule has 2 aromatic heterocycles. The summed E-state index contributed by atoms with van der Waals surface area (Å²) in [5, 5.41) is 13.0. The van der Waals surface area contributed by atoms with E-state index in [1.54, 1.807) is 18.4 Å². The van der Waals surface area contributed by atoms with Crippen molar-refractivity contribution in [3.05, 3.63) is 88.7 Å². The summed E-state index contributed by atoms with van der Waals surface area (Å²) in [5.74, 6) is 0. The first-order valence-corrected chi connectivity index (χ1v) is 10.2. The van der Waals surface area contributed by atoms with Crippen LogP contribution in [0.25, 0.3) is 22.4 Å². The summed E-state index contributed by atoms with van der Waals surface area (Å²) >= 11 is 1.72. The molecule has 0 saturated carbocycles. The molecule has 0 bridgehead atoms. The highest BCUT2D eigenvalue weighted by Gasteiger charge is 2.13. The Hall–Kier alpha value is -2.73. The zero-order chi connectivity index (χ0) is 19.2. The fourth-order valence-electron chi connectivity index (χ4n) is 3.27. The molecule has 1 atom stereocenters. The fraction of sp³-hybridized carbons (Fsp3) is 0.174. The summed E-state index contributed by atoms with van der Waals surface area (Å²) in [6.07, 6.45) is 1.96. The summed E-state index contributed by atoms with van der Waals surface area (Å²) in [5.41, 5.74) is 5.77. The lowest BCUT2D eigenvalue weighted by molar-refractivity contribution is 0.105. The maximum atomic E-state index is 5.61. The molecule has 0 aliphatic carbocycles. The minimum Gasteiger partial charge on any atom is -0.375 e. The van der Waals surface area contributed by atoms with Gasteiger partial charge < -0.3 is 10.1 Å². The molecule has 0 amide bonds. The molecule has 28 heavy (non-hydrogen) atoms. The summed E-state index contributed by atoms with van der Waals surface area (Å²) in [6.45, 7) is 1.49. The van der Waals surface area contributed by atoms with E-state index >= 15 is 0 Å². The predicted octanol–water partition coefficient (Wildman–Crippen LogP) is 5.28.